The minimum absolute atomic E-state index is 0.241. The van der Waals surface area contributed by atoms with Gasteiger partial charge in [0.15, 0.2) is 0 Å². The molecule has 0 spiro atoms. The topological polar surface area (TPSA) is 26.0 Å². The molecule has 106 valence electrons. The van der Waals surface area contributed by atoms with Crippen LogP contribution in [0.2, 0.25) is 0 Å². The second-order valence-electron chi connectivity index (χ2n) is 6.00. The first-order valence-corrected chi connectivity index (χ1v) is 7.02. The molecule has 20 heavy (non-hydrogen) atoms. The highest BCUT2D eigenvalue weighted by atomic mass is 19.1. The molecule has 0 saturated carbocycles. The molecule has 0 aliphatic carbocycles. The highest BCUT2D eigenvalue weighted by Crippen LogP contribution is 2.24. The molecule has 1 atom stereocenters. The standard InChI is InChI=1S/C18H22FN/c1-13(2)15-9-7-14(8-10-15)12-18(3,20)16-5-4-6-17(19)11-16/h4-11,13H,12,20H2,1-3H3. The fourth-order valence-corrected chi connectivity index (χ4v) is 2.39. The Morgan fingerprint density at radius 2 is 1.75 bits per heavy atom. The van der Waals surface area contributed by atoms with E-state index in [1.807, 2.05) is 13.0 Å². The third-order valence-corrected chi connectivity index (χ3v) is 3.70. The van der Waals surface area contributed by atoms with Crippen LogP contribution in [0, 0.1) is 5.82 Å². The van der Waals surface area contributed by atoms with Gasteiger partial charge in [0.1, 0.15) is 5.82 Å². The summed E-state index contributed by atoms with van der Waals surface area (Å²) >= 11 is 0. The summed E-state index contributed by atoms with van der Waals surface area (Å²) in [5.41, 5.74) is 9.11. The van der Waals surface area contributed by atoms with E-state index in [1.165, 1.54) is 23.3 Å². The molecular weight excluding hydrogens is 249 g/mol. The first-order valence-electron chi connectivity index (χ1n) is 7.02. The van der Waals surface area contributed by atoms with E-state index in [-0.39, 0.29) is 5.82 Å². The lowest BCUT2D eigenvalue weighted by Crippen LogP contribution is -2.35. The Hall–Kier alpha value is -1.67. The lowest BCUT2D eigenvalue weighted by molar-refractivity contribution is 0.486. The molecule has 2 rings (SSSR count). The van der Waals surface area contributed by atoms with Crippen molar-refractivity contribution in [1.82, 2.24) is 0 Å². The van der Waals surface area contributed by atoms with Crippen LogP contribution in [0.3, 0.4) is 0 Å². The first-order chi connectivity index (χ1) is 9.38. The summed E-state index contributed by atoms with van der Waals surface area (Å²) in [6.45, 7) is 6.29. The van der Waals surface area contributed by atoms with E-state index in [2.05, 4.69) is 38.1 Å². The van der Waals surface area contributed by atoms with Crippen molar-refractivity contribution in [2.75, 3.05) is 0 Å². The van der Waals surface area contributed by atoms with Crippen LogP contribution in [0.1, 0.15) is 43.4 Å². The van der Waals surface area contributed by atoms with Crippen LogP contribution < -0.4 is 5.73 Å². The van der Waals surface area contributed by atoms with Crippen molar-refractivity contribution in [2.24, 2.45) is 5.73 Å². The summed E-state index contributed by atoms with van der Waals surface area (Å²) in [5.74, 6) is 0.283. The minimum Gasteiger partial charge on any atom is -0.321 e. The molecule has 2 aromatic rings. The highest BCUT2D eigenvalue weighted by Gasteiger charge is 2.22. The number of hydrogen-bond donors (Lipinski definition) is 1. The quantitative estimate of drug-likeness (QED) is 0.878. The average molecular weight is 271 g/mol. The van der Waals surface area contributed by atoms with Gasteiger partial charge in [0.05, 0.1) is 0 Å². The highest BCUT2D eigenvalue weighted by molar-refractivity contribution is 5.30. The molecule has 0 aliphatic rings. The van der Waals surface area contributed by atoms with Gasteiger partial charge >= 0.3 is 0 Å². The van der Waals surface area contributed by atoms with Crippen LogP contribution in [0.4, 0.5) is 4.39 Å². The lowest BCUT2D eigenvalue weighted by Gasteiger charge is -2.25. The molecular formula is C18H22FN. The molecule has 2 N–H and O–H groups in total. The van der Waals surface area contributed by atoms with Crippen LogP contribution >= 0.6 is 0 Å². The molecule has 0 amide bonds. The second kappa shape index (κ2) is 5.76. The van der Waals surface area contributed by atoms with Crippen LogP contribution in [0.15, 0.2) is 48.5 Å². The van der Waals surface area contributed by atoms with E-state index in [9.17, 15) is 4.39 Å². The Balaban J connectivity index is 2.19. The lowest BCUT2D eigenvalue weighted by atomic mass is 9.86. The van der Waals surface area contributed by atoms with Crippen molar-refractivity contribution in [1.29, 1.82) is 0 Å². The Morgan fingerprint density at radius 3 is 2.30 bits per heavy atom. The summed E-state index contributed by atoms with van der Waals surface area (Å²) in [7, 11) is 0. The fraction of sp³-hybridized carbons (Fsp3) is 0.333. The predicted molar refractivity (Wildman–Crippen MR) is 82.2 cm³/mol. The molecule has 2 heteroatoms. The maximum absolute atomic E-state index is 13.3. The number of nitrogens with two attached hydrogens (primary N) is 1. The molecule has 0 fully saturated rings. The van der Waals surface area contributed by atoms with E-state index >= 15 is 0 Å². The predicted octanol–water partition coefficient (Wildman–Crippen LogP) is 4.37. The Bertz CT molecular complexity index is 570. The van der Waals surface area contributed by atoms with Crippen molar-refractivity contribution in [3.8, 4) is 0 Å². The fourth-order valence-electron chi connectivity index (χ4n) is 2.39. The van der Waals surface area contributed by atoms with Gasteiger partial charge in [-0.05, 0) is 48.1 Å². The summed E-state index contributed by atoms with van der Waals surface area (Å²) in [6, 6.07) is 15.0. The molecule has 0 radical (unpaired) electrons. The van der Waals surface area contributed by atoms with Gasteiger partial charge < -0.3 is 5.73 Å². The first kappa shape index (κ1) is 14.7. The van der Waals surface area contributed by atoms with Gasteiger partial charge in [-0.1, -0.05) is 50.2 Å². The van der Waals surface area contributed by atoms with Crippen molar-refractivity contribution in [3.05, 3.63) is 71.0 Å². The van der Waals surface area contributed by atoms with Crippen LogP contribution in [-0.4, -0.2) is 0 Å². The van der Waals surface area contributed by atoms with E-state index in [1.54, 1.807) is 6.07 Å². The number of benzene rings is 2. The normalized spacial score (nSPS) is 14.3. The zero-order valence-electron chi connectivity index (χ0n) is 12.4. The van der Waals surface area contributed by atoms with Gasteiger partial charge in [0, 0.05) is 5.54 Å². The third-order valence-electron chi connectivity index (χ3n) is 3.70. The van der Waals surface area contributed by atoms with Gasteiger partial charge in [0.25, 0.3) is 0 Å². The minimum atomic E-state index is -0.568. The number of hydrogen-bond acceptors (Lipinski definition) is 1. The van der Waals surface area contributed by atoms with Crippen molar-refractivity contribution in [2.45, 2.75) is 38.6 Å². The van der Waals surface area contributed by atoms with E-state index in [0.717, 1.165) is 5.56 Å². The van der Waals surface area contributed by atoms with Gasteiger partial charge in [0.2, 0.25) is 0 Å². The number of rotatable bonds is 4. The number of halogens is 1. The smallest absolute Gasteiger partial charge is 0.123 e. The molecule has 0 aliphatic heterocycles. The molecule has 0 saturated heterocycles. The molecule has 0 aromatic heterocycles. The van der Waals surface area contributed by atoms with Gasteiger partial charge in [-0.25, -0.2) is 4.39 Å². The molecule has 0 heterocycles. The summed E-state index contributed by atoms with van der Waals surface area (Å²) in [4.78, 5) is 0. The maximum atomic E-state index is 13.3. The third kappa shape index (κ3) is 3.45. The van der Waals surface area contributed by atoms with Crippen molar-refractivity contribution >= 4 is 0 Å². The van der Waals surface area contributed by atoms with E-state index < -0.39 is 5.54 Å². The monoisotopic (exact) mass is 271 g/mol. The van der Waals surface area contributed by atoms with Crippen LogP contribution in [-0.2, 0) is 12.0 Å². The zero-order valence-corrected chi connectivity index (χ0v) is 12.4. The van der Waals surface area contributed by atoms with E-state index in [0.29, 0.717) is 12.3 Å². The molecule has 0 bridgehead atoms. The Kier molecular flexibility index (Phi) is 4.24. The van der Waals surface area contributed by atoms with Crippen LogP contribution in [0.25, 0.3) is 0 Å². The van der Waals surface area contributed by atoms with Crippen LogP contribution in [0.5, 0.6) is 0 Å². The summed E-state index contributed by atoms with van der Waals surface area (Å²) in [6.07, 6.45) is 0.689. The van der Waals surface area contributed by atoms with E-state index in [4.69, 9.17) is 5.73 Å². The van der Waals surface area contributed by atoms with Gasteiger partial charge in [-0.15, -0.1) is 0 Å². The summed E-state index contributed by atoms with van der Waals surface area (Å²) < 4.78 is 13.3. The van der Waals surface area contributed by atoms with Crippen molar-refractivity contribution < 1.29 is 4.39 Å². The molecule has 1 unspecified atom stereocenters. The zero-order chi connectivity index (χ0) is 14.8. The van der Waals surface area contributed by atoms with Crippen molar-refractivity contribution in [3.63, 3.8) is 0 Å². The largest absolute Gasteiger partial charge is 0.321 e. The Labute approximate surface area is 120 Å². The van der Waals surface area contributed by atoms with Gasteiger partial charge in [-0.2, -0.15) is 0 Å². The SMILES string of the molecule is CC(C)c1ccc(CC(C)(N)c2cccc(F)c2)cc1. The molecule has 2 aromatic carbocycles. The second-order valence-corrected chi connectivity index (χ2v) is 6.00. The average Bonchev–Trinajstić information content (AvgIpc) is 2.39. The summed E-state index contributed by atoms with van der Waals surface area (Å²) in [5, 5.41) is 0. The molecule has 1 nitrogen and oxygen atoms in total. The maximum Gasteiger partial charge on any atom is 0.123 e. The van der Waals surface area contributed by atoms with Gasteiger partial charge in [-0.3, -0.25) is 0 Å². The Morgan fingerprint density at radius 1 is 1.10 bits per heavy atom.